The van der Waals surface area contributed by atoms with E-state index >= 15 is 0 Å². The maximum atomic E-state index is 13.5. The number of hydrogen-bond donors (Lipinski definition) is 2. The second-order valence-corrected chi connectivity index (χ2v) is 5.22. The first-order valence-corrected chi connectivity index (χ1v) is 7.24. The van der Waals surface area contributed by atoms with Crippen LogP contribution in [0, 0.1) is 5.82 Å². The van der Waals surface area contributed by atoms with E-state index in [1.54, 1.807) is 11.8 Å². The van der Waals surface area contributed by atoms with Crippen LogP contribution in [0.25, 0.3) is 0 Å². The molecule has 100 valence electrons. The van der Waals surface area contributed by atoms with Crippen LogP contribution in [-0.4, -0.2) is 24.0 Å². The molecule has 0 bridgehead atoms. The van der Waals surface area contributed by atoms with Gasteiger partial charge in [0.1, 0.15) is 5.82 Å². The summed E-state index contributed by atoms with van der Waals surface area (Å²) >= 11 is 1.79. The Balaban J connectivity index is 2.60. The summed E-state index contributed by atoms with van der Waals surface area (Å²) in [6.45, 7) is 2.47. The highest BCUT2D eigenvalue weighted by molar-refractivity contribution is 7.98. The Kier molecular flexibility index (Phi) is 6.15. The lowest BCUT2D eigenvalue weighted by Crippen LogP contribution is -2.26. The van der Waals surface area contributed by atoms with Gasteiger partial charge in [0.15, 0.2) is 0 Å². The quantitative estimate of drug-likeness (QED) is 0.798. The minimum atomic E-state index is -0.535. The van der Waals surface area contributed by atoms with Gasteiger partial charge in [-0.1, -0.05) is 0 Å². The lowest BCUT2D eigenvalue weighted by Gasteiger charge is -2.13. The monoisotopic (exact) mass is 270 g/mol. The van der Waals surface area contributed by atoms with Gasteiger partial charge in [0.2, 0.25) is 5.91 Å². The van der Waals surface area contributed by atoms with Gasteiger partial charge in [0.05, 0.1) is 0 Å². The van der Waals surface area contributed by atoms with Gasteiger partial charge >= 0.3 is 0 Å². The number of nitrogens with one attached hydrogen (secondary N) is 1. The number of halogens is 1. The number of benzene rings is 1. The Morgan fingerprint density at radius 2 is 2.28 bits per heavy atom. The molecule has 1 unspecified atom stereocenters. The molecule has 0 saturated carbocycles. The summed E-state index contributed by atoms with van der Waals surface area (Å²) in [5.41, 5.74) is 5.98. The fourth-order valence-corrected chi connectivity index (χ4v) is 2.13. The zero-order valence-electron chi connectivity index (χ0n) is 10.7. The predicted molar refractivity (Wildman–Crippen MR) is 74.2 cm³/mol. The minimum Gasteiger partial charge on any atom is -0.366 e. The topological polar surface area (TPSA) is 55.1 Å². The molecular weight excluding hydrogens is 251 g/mol. The molecule has 0 fully saturated rings. The van der Waals surface area contributed by atoms with Gasteiger partial charge < -0.3 is 11.1 Å². The summed E-state index contributed by atoms with van der Waals surface area (Å²) in [6.07, 6.45) is 3.08. The SMILES string of the molecule is CSCCC(C)NCc1cc(C(N)=O)ccc1F. The lowest BCUT2D eigenvalue weighted by atomic mass is 10.1. The van der Waals surface area contributed by atoms with Crippen molar-refractivity contribution in [1.82, 2.24) is 5.32 Å². The fraction of sp³-hybridized carbons (Fsp3) is 0.462. The summed E-state index contributed by atoms with van der Waals surface area (Å²) in [4.78, 5) is 11.0. The van der Waals surface area contributed by atoms with Crippen molar-refractivity contribution in [3.63, 3.8) is 0 Å². The first-order valence-electron chi connectivity index (χ1n) is 5.85. The predicted octanol–water partition coefficient (Wildman–Crippen LogP) is 2.16. The molecular formula is C13H19FN2OS. The van der Waals surface area contributed by atoms with Gasteiger partial charge in [-0.15, -0.1) is 0 Å². The summed E-state index contributed by atoms with van der Waals surface area (Å²) in [6, 6.07) is 4.50. The largest absolute Gasteiger partial charge is 0.366 e. The number of hydrogen-bond acceptors (Lipinski definition) is 3. The van der Waals surface area contributed by atoms with E-state index in [0.29, 0.717) is 23.7 Å². The normalized spacial score (nSPS) is 12.4. The number of thioether (sulfide) groups is 1. The molecule has 0 aliphatic heterocycles. The Morgan fingerprint density at radius 1 is 1.56 bits per heavy atom. The average molecular weight is 270 g/mol. The van der Waals surface area contributed by atoms with E-state index in [1.165, 1.54) is 18.2 Å². The Hall–Kier alpha value is -1.07. The Morgan fingerprint density at radius 3 is 2.89 bits per heavy atom. The molecule has 1 amide bonds. The van der Waals surface area contributed by atoms with Gasteiger partial charge in [-0.3, -0.25) is 4.79 Å². The Labute approximate surface area is 111 Å². The number of amides is 1. The van der Waals surface area contributed by atoms with E-state index in [-0.39, 0.29) is 5.82 Å². The third kappa shape index (κ3) is 4.66. The molecule has 0 aromatic heterocycles. The molecule has 0 heterocycles. The molecule has 1 aromatic rings. The van der Waals surface area contributed by atoms with Crippen molar-refractivity contribution in [1.29, 1.82) is 0 Å². The van der Waals surface area contributed by atoms with Crippen molar-refractivity contribution in [2.75, 3.05) is 12.0 Å². The van der Waals surface area contributed by atoms with E-state index < -0.39 is 5.91 Å². The number of rotatable bonds is 7. The van der Waals surface area contributed by atoms with Crippen molar-refractivity contribution in [2.45, 2.75) is 25.9 Å². The molecule has 18 heavy (non-hydrogen) atoms. The highest BCUT2D eigenvalue weighted by Crippen LogP contribution is 2.11. The van der Waals surface area contributed by atoms with Crippen molar-refractivity contribution in [3.8, 4) is 0 Å². The second kappa shape index (κ2) is 7.38. The molecule has 5 heteroatoms. The molecule has 1 rings (SSSR count). The summed E-state index contributed by atoms with van der Waals surface area (Å²) < 4.78 is 13.5. The molecule has 3 nitrogen and oxygen atoms in total. The maximum Gasteiger partial charge on any atom is 0.248 e. The fourth-order valence-electron chi connectivity index (χ4n) is 1.54. The van der Waals surface area contributed by atoms with Crippen LogP contribution in [0.3, 0.4) is 0 Å². The van der Waals surface area contributed by atoms with Gasteiger partial charge in [0, 0.05) is 23.7 Å². The molecule has 1 atom stereocenters. The molecule has 3 N–H and O–H groups in total. The second-order valence-electron chi connectivity index (χ2n) is 4.23. The van der Waals surface area contributed by atoms with Crippen LogP contribution in [0.2, 0.25) is 0 Å². The number of carbonyl (C=O) groups excluding carboxylic acids is 1. The van der Waals surface area contributed by atoms with E-state index in [1.807, 2.05) is 0 Å². The number of carbonyl (C=O) groups is 1. The van der Waals surface area contributed by atoms with Crippen LogP contribution in [0.5, 0.6) is 0 Å². The van der Waals surface area contributed by atoms with E-state index in [4.69, 9.17) is 5.73 Å². The number of nitrogens with two attached hydrogens (primary N) is 1. The van der Waals surface area contributed by atoms with Crippen LogP contribution in [0.1, 0.15) is 29.3 Å². The third-order valence-corrected chi connectivity index (χ3v) is 3.37. The van der Waals surface area contributed by atoms with Crippen molar-refractivity contribution in [3.05, 3.63) is 35.1 Å². The summed E-state index contributed by atoms with van der Waals surface area (Å²) in [5, 5.41) is 3.24. The van der Waals surface area contributed by atoms with E-state index in [2.05, 4.69) is 18.5 Å². The van der Waals surface area contributed by atoms with Gasteiger partial charge in [-0.05, 0) is 43.6 Å². The van der Waals surface area contributed by atoms with Crippen molar-refractivity contribution < 1.29 is 9.18 Å². The first-order chi connectivity index (χ1) is 8.54. The molecule has 0 spiro atoms. The third-order valence-electron chi connectivity index (χ3n) is 2.73. The van der Waals surface area contributed by atoms with Crippen molar-refractivity contribution in [2.24, 2.45) is 5.73 Å². The molecule has 0 saturated heterocycles. The van der Waals surface area contributed by atoms with E-state index in [0.717, 1.165) is 12.2 Å². The van der Waals surface area contributed by atoms with Gasteiger partial charge in [-0.25, -0.2) is 4.39 Å². The van der Waals surface area contributed by atoms with Crippen LogP contribution in [-0.2, 0) is 6.54 Å². The zero-order valence-corrected chi connectivity index (χ0v) is 11.5. The molecule has 0 aliphatic carbocycles. The first kappa shape index (κ1) is 15.0. The molecule has 0 aliphatic rings. The highest BCUT2D eigenvalue weighted by Gasteiger charge is 2.08. The van der Waals surface area contributed by atoms with Gasteiger partial charge in [0.25, 0.3) is 0 Å². The summed E-state index contributed by atoms with van der Waals surface area (Å²) in [7, 11) is 0. The minimum absolute atomic E-state index is 0.314. The van der Waals surface area contributed by atoms with E-state index in [9.17, 15) is 9.18 Å². The molecule has 1 aromatic carbocycles. The zero-order chi connectivity index (χ0) is 13.5. The standard InChI is InChI=1S/C13H19FN2OS/c1-9(5-6-18-2)16-8-11-7-10(13(15)17)3-4-12(11)14/h3-4,7,9,16H,5-6,8H2,1-2H3,(H2,15,17). The number of primary amides is 1. The smallest absolute Gasteiger partial charge is 0.248 e. The van der Waals surface area contributed by atoms with Gasteiger partial charge in [-0.2, -0.15) is 11.8 Å². The maximum absolute atomic E-state index is 13.5. The van der Waals surface area contributed by atoms with Crippen LogP contribution in [0.4, 0.5) is 4.39 Å². The molecule has 0 radical (unpaired) electrons. The van der Waals surface area contributed by atoms with Crippen LogP contribution >= 0.6 is 11.8 Å². The van der Waals surface area contributed by atoms with Crippen LogP contribution < -0.4 is 11.1 Å². The van der Waals surface area contributed by atoms with Crippen LogP contribution in [0.15, 0.2) is 18.2 Å². The Bertz CT molecular complexity index is 412. The van der Waals surface area contributed by atoms with Crippen molar-refractivity contribution >= 4 is 17.7 Å². The summed E-state index contributed by atoms with van der Waals surface area (Å²) in [5.74, 6) is 0.217. The lowest BCUT2D eigenvalue weighted by molar-refractivity contribution is 0.1000. The highest BCUT2D eigenvalue weighted by atomic mass is 32.2. The average Bonchev–Trinajstić information content (AvgIpc) is 2.35.